The molecule has 2 aromatic rings. The van der Waals surface area contributed by atoms with Crippen LogP contribution in [0.4, 0.5) is 0 Å². The predicted octanol–water partition coefficient (Wildman–Crippen LogP) is 3.41. The van der Waals surface area contributed by atoms with Crippen LogP contribution in [0.3, 0.4) is 0 Å². The molecule has 3 heterocycles. The molecule has 180 valence electrons. The number of rotatable bonds is 9. The highest BCUT2D eigenvalue weighted by molar-refractivity contribution is 8.07. The third-order valence-electron chi connectivity index (χ3n) is 7.11. The highest BCUT2D eigenvalue weighted by Gasteiger charge is 2.50. The van der Waals surface area contributed by atoms with Gasteiger partial charge in [0.15, 0.2) is 0 Å². The zero-order valence-corrected chi connectivity index (χ0v) is 20.5. The minimum atomic E-state index is -0.413. The average molecular weight is 480 g/mol. The van der Waals surface area contributed by atoms with Crippen molar-refractivity contribution in [1.82, 2.24) is 15.1 Å². The van der Waals surface area contributed by atoms with Gasteiger partial charge >= 0.3 is 0 Å². The Labute approximate surface area is 206 Å². The van der Waals surface area contributed by atoms with Crippen LogP contribution >= 0.6 is 11.8 Å². The fourth-order valence-corrected chi connectivity index (χ4v) is 6.46. The van der Waals surface area contributed by atoms with Crippen LogP contribution in [-0.2, 0) is 27.3 Å². The van der Waals surface area contributed by atoms with E-state index in [0.717, 1.165) is 31.4 Å². The molecule has 1 N–H and O–H groups in total. The molecule has 0 spiro atoms. The first-order valence-corrected chi connectivity index (χ1v) is 13.2. The number of thioether (sulfide) groups is 1. The second-order valence-electron chi connectivity index (χ2n) is 9.49. The van der Waals surface area contributed by atoms with Crippen LogP contribution in [0, 0.1) is 0 Å². The largest absolute Gasteiger partial charge is 0.363 e. The van der Waals surface area contributed by atoms with E-state index < -0.39 is 6.04 Å². The predicted molar refractivity (Wildman–Crippen MR) is 134 cm³/mol. The number of nitrogens with one attached hydrogen (secondary N) is 1. The van der Waals surface area contributed by atoms with E-state index >= 15 is 0 Å². The number of carbonyl (C=O) groups is 2. The SMILES string of the molecule is CN(C1SC1C(Cc1ccccc1)NC(=O)C1CCC(=O)N1Cc1ccccc1)[C@@H]1CCCO1. The maximum Gasteiger partial charge on any atom is 0.243 e. The first-order chi connectivity index (χ1) is 16.6. The van der Waals surface area contributed by atoms with Gasteiger partial charge in [-0.1, -0.05) is 60.7 Å². The minimum Gasteiger partial charge on any atom is -0.363 e. The quantitative estimate of drug-likeness (QED) is 0.559. The molecular weight excluding hydrogens is 446 g/mol. The molecule has 0 aliphatic carbocycles. The molecule has 5 rings (SSSR count). The van der Waals surface area contributed by atoms with Crippen LogP contribution < -0.4 is 5.32 Å². The summed E-state index contributed by atoms with van der Waals surface area (Å²) in [5.41, 5.74) is 2.26. The number of benzene rings is 2. The van der Waals surface area contributed by atoms with Gasteiger partial charge in [0.25, 0.3) is 0 Å². The van der Waals surface area contributed by atoms with E-state index in [2.05, 4.69) is 29.4 Å². The molecule has 0 bridgehead atoms. The summed E-state index contributed by atoms with van der Waals surface area (Å²) in [7, 11) is 2.13. The van der Waals surface area contributed by atoms with Crippen LogP contribution in [-0.4, -0.2) is 64.2 Å². The summed E-state index contributed by atoms with van der Waals surface area (Å²) in [6.07, 6.45) is 4.12. The van der Waals surface area contributed by atoms with Crippen molar-refractivity contribution in [3.63, 3.8) is 0 Å². The van der Waals surface area contributed by atoms with Gasteiger partial charge in [-0.15, -0.1) is 11.8 Å². The van der Waals surface area contributed by atoms with Crippen LogP contribution in [0.5, 0.6) is 0 Å². The van der Waals surface area contributed by atoms with Gasteiger partial charge in [0.2, 0.25) is 11.8 Å². The van der Waals surface area contributed by atoms with Gasteiger partial charge in [-0.3, -0.25) is 14.5 Å². The first kappa shape index (κ1) is 23.4. The summed E-state index contributed by atoms with van der Waals surface area (Å²) in [5, 5.41) is 4.00. The van der Waals surface area contributed by atoms with Crippen LogP contribution in [0.15, 0.2) is 60.7 Å². The molecule has 3 aliphatic rings. The Bertz CT molecular complexity index is 983. The molecule has 34 heavy (non-hydrogen) atoms. The van der Waals surface area contributed by atoms with Crippen LogP contribution in [0.25, 0.3) is 0 Å². The number of amides is 2. The lowest BCUT2D eigenvalue weighted by Crippen LogP contribution is -2.50. The average Bonchev–Trinajstić information content (AvgIpc) is 3.29. The summed E-state index contributed by atoms with van der Waals surface area (Å²) in [5.74, 6) is 0.0223. The lowest BCUT2D eigenvalue weighted by molar-refractivity contribution is -0.136. The maximum absolute atomic E-state index is 13.5. The van der Waals surface area contributed by atoms with Crippen LogP contribution in [0.2, 0.25) is 0 Å². The Hall–Kier alpha value is -2.35. The molecule has 4 unspecified atom stereocenters. The van der Waals surface area contributed by atoms with Crippen molar-refractivity contribution < 1.29 is 14.3 Å². The number of ether oxygens (including phenoxy) is 1. The number of hydrogen-bond acceptors (Lipinski definition) is 5. The number of likely N-dealkylation sites (tertiary alicyclic amines) is 1. The van der Waals surface area contributed by atoms with E-state index in [1.807, 2.05) is 60.3 Å². The zero-order valence-electron chi connectivity index (χ0n) is 19.6. The Morgan fingerprint density at radius 1 is 1.12 bits per heavy atom. The molecule has 3 aliphatic heterocycles. The van der Waals surface area contributed by atoms with Gasteiger partial charge in [0.1, 0.15) is 12.3 Å². The summed E-state index contributed by atoms with van der Waals surface area (Å²) in [6, 6.07) is 19.8. The summed E-state index contributed by atoms with van der Waals surface area (Å²) < 4.78 is 5.89. The van der Waals surface area contributed by atoms with Crippen molar-refractivity contribution in [2.75, 3.05) is 13.7 Å². The molecule has 7 heteroatoms. The lowest BCUT2D eigenvalue weighted by Gasteiger charge is -2.28. The third kappa shape index (κ3) is 5.32. The smallest absolute Gasteiger partial charge is 0.243 e. The van der Waals surface area contributed by atoms with E-state index in [1.165, 1.54) is 5.56 Å². The van der Waals surface area contributed by atoms with E-state index in [4.69, 9.17) is 4.74 Å². The Balaban J connectivity index is 1.28. The number of hydrogen-bond donors (Lipinski definition) is 1. The van der Waals surface area contributed by atoms with Gasteiger partial charge in [0.05, 0.1) is 10.6 Å². The molecule has 6 nitrogen and oxygen atoms in total. The monoisotopic (exact) mass is 479 g/mol. The number of carbonyl (C=O) groups excluding carboxylic acids is 2. The van der Waals surface area contributed by atoms with Gasteiger partial charge in [0, 0.05) is 25.6 Å². The summed E-state index contributed by atoms with van der Waals surface area (Å²) in [6.45, 7) is 1.30. The molecule has 0 saturated carbocycles. The van der Waals surface area contributed by atoms with E-state index in [-0.39, 0.29) is 24.1 Å². The van der Waals surface area contributed by atoms with E-state index in [1.54, 1.807) is 4.90 Å². The highest BCUT2D eigenvalue weighted by atomic mass is 32.2. The van der Waals surface area contributed by atoms with Crippen molar-refractivity contribution >= 4 is 23.6 Å². The van der Waals surface area contributed by atoms with Crippen molar-refractivity contribution in [1.29, 1.82) is 0 Å². The van der Waals surface area contributed by atoms with Crippen molar-refractivity contribution in [3.8, 4) is 0 Å². The highest BCUT2D eigenvalue weighted by Crippen LogP contribution is 2.47. The Kier molecular flexibility index (Phi) is 7.23. The zero-order chi connectivity index (χ0) is 23.5. The molecular formula is C27H33N3O3S. The van der Waals surface area contributed by atoms with Crippen molar-refractivity contribution in [3.05, 3.63) is 71.8 Å². The van der Waals surface area contributed by atoms with Crippen molar-refractivity contribution in [2.24, 2.45) is 0 Å². The van der Waals surface area contributed by atoms with Gasteiger partial charge in [-0.2, -0.15) is 0 Å². The van der Waals surface area contributed by atoms with Gasteiger partial charge < -0.3 is 15.0 Å². The number of nitrogens with zero attached hydrogens (tertiary/aromatic N) is 2. The Morgan fingerprint density at radius 3 is 2.50 bits per heavy atom. The third-order valence-corrected chi connectivity index (χ3v) is 8.60. The standard InChI is InChI=1S/C27H33N3O3S/c1-29(24-13-8-16-33-24)27-25(34-27)21(17-19-9-4-2-5-10-19)28-26(32)22-14-15-23(31)30(22)18-20-11-6-3-7-12-20/h2-7,9-12,21-22,24-25,27H,8,13-18H2,1H3,(H,28,32)/t21?,22?,24-,25?,27?/m0/s1. The van der Waals surface area contributed by atoms with E-state index in [0.29, 0.717) is 30.0 Å². The topological polar surface area (TPSA) is 61.9 Å². The minimum absolute atomic E-state index is 0.00281. The van der Waals surface area contributed by atoms with Gasteiger partial charge in [-0.05, 0) is 43.9 Å². The second-order valence-corrected chi connectivity index (χ2v) is 10.8. The van der Waals surface area contributed by atoms with Crippen molar-refractivity contribution in [2.45, 2.75) is 67.6 Å². The maximum atomic E-state index is 13.5. The lowest BCUT2D eigenvalue weighted by atomic mass is 10.0. The normalized spacial score (nSPS) is 27.2. The second kappa shape index (κ2) is 10.5. The first-order valence-electron chi connectivity index (χ1n) is 12.3. The molecule has 3 fully saturated rings. The molecule has 2 aromatic carbocycles. The molecule has 2 amide bonds. The molecule has 0 aromatic heterocycles. The molecule has 0 radical (unpaired) electrons. The molecule has 3 saturated heterocycles. The summed E-state index contributed by atoms with van der Waals surface area (Å²) in [4.78, 5) is 30.2. The van der Waals surface area contributed by atoms with E-state index in [9.17, 15) is 9.59 Å². The molecule has 5 atom stereocenters. The fourth-order valence-electron chi connectivity index (χ4n) is 5.16. The van der Waals surface area contributed by atoms with Crippen LogP contribution in [0.1, 0.15) is 36.8 Å². The fraction of sp³-hybridized carbons (Fsp3) is 0.481. The Morgan fingerprint density at radius 2 is 1.82 bits per heavy atom. The van der Waals surface area contributed by atoms with Gasteiger partial charge in [-0.25, -0.2) is 0 Å². The summed E-state index contributed by atoms with van der Waals surface area (Å²) >= 11 is 1.90.